The maximum atomic E-state index is 11.0. The van der Waals surface area contributed by atoms with Crippen LogP contribution >= 0.6 is 0 Å². The van der Waals surface area contributed by atoms with E-state index in [1.807, 2.05) is 11.9 Å². The van der Waals surface area contributed by atoms with Crippen molar-refractivity contribution in [2.24, 2.45) is 0 Å². The second-order valence-corrected chi connectivity index (χ2v) is 2.72. The molecule has 0 atom stereocenters. The highest BCUT2D eigenvalue weighted by Gasteiger charge is 2.02. The van der Waals surface area contributed by atoms with Gasteiger partial charge in [-0.15, -0.1) is 6.42 Å². The fraction of sp³-hybridized carbons (Fsp3) is 0.667. The monoisotopic (exact) mass is 168 g/mol. The first-order valence-corrected chi connectivity index (χ1v) is 4.09. The summed E-state index contributed by atoms with van der Waals surface area (Å²) in [6, 6.07) is 0. The highest BCUT2D eigenvalue weighted by Crippen LogP contribution is 1.84. The first-order valence-electron chi connectivity index (χ1n) is 4.09. The quantitative estimate of drug-likeness (QED) is 0.589. The van der Waals surface area contributed by atoms with Gasteiger partial charge in [-0.1, -0.05) is 12.8 Å². The molecule has 0 aliphatic rings. The van der Waals surface area contributed by atoms with Crippen LogP contribution in [0.4, 0.5) is 0 Å². The lowest BCUT2D eigenvalue weighted by Gasteiger charge is -2.13. The van der Waals surface area contributed by atoms with Crippen molar-refractivity contribution in [3.05, 3.63) is 0 Å². The summed E-state index contributed by atoms with van der Waals surface area (Å²) < 4.78 is 0. The normalized spacial score (nSPS) is 9.50. The molecule has 0 saturated heterocycles. The third kappa shape index (κ3) is 5.75. The summed E-state index contributed by atoms with van der Waals surface area (Å²) in [5, 5.41) is 2.60. The van der Waals surface area contributed by atoms with Crippen LogP contribution in [0.3, 0.4) is 0 Å². The third-order valence-electron chi connectivity index (χ3n) is 1.41. The number of nitrogens with zero attached hydrogens (tertiary/aromatic N) is 1. The van der Waals surface area contributed by atoms with Crippen LogP contribution in [-0.2, 0) is 4.79 Å². The minimum Gasteiger partial charge on any atom is -0.344 e. The molecule has 0 aromatic rings. The number of amides is 1. The topological polar surface area (TPSA) is 32.3 Å². The van der Waals surface area contributed by atoms with E-state index < -0.39 is 0 Å². The summed E-state index contributed by atoms with van der Waals surface area (Å²) in [4.78, 5) is 13.0. The molecule has 0 unspecified atom stereocenters. The summed E-state index contributed by atoms with van der Waals surface area (Å²) in [5.74, 6) is 2.34. The van der Waals surface area contributed by atoms with E-state index in [4.69, 9.17) is 6.42 Å². The molecule has 0 saturated carbocycles. The fourth-order valence-corrected chi connectivity index (χ4v) is 0.911. The second-order valence-electron chi connectivity index (χ2n) is 2.72. The zero-order chi connectivity index (χ0) is 9.40. The Morgan fingerprint density at radius 2 is 2.33 bits per heavy atom. The molecule has 3 heteroatoms. The molecule has 0 aromatic heterocycles. The Hall–Kier alpha value is -1.01. The van der Waals surface area contributed by atoms with Gasteiger partial charge < -0.3 is 5.32 Å². The Kier molecular flexibility index (Phi) is 6.12. The molecule has 3 nitrogen and oxygen atoms in total. The van der Waals surface area contributed by atoms with Gasteiger partial charge in [-0.2, -0.15) is 0 Å². The maximum Gasteiger partial charge on any atom is 0.234 e. The van der Waals surface area contributed by atoms with Gasteiger partial charge in [0.2, 0.25) is 5.91 Å². The summed E-state index contributed by atoms with van der Waals surface area (Å²) in [5.41, 5.74) is 0. The standard InChI is InChI=1S/C9H16N2O/c1-4-6-10-9(12)8-11(3)7-5-2/h1H,5-8H2,2-3H3,(H,10,12). The van der Waals surface area contributed by atoms with E-state index in [9.17, 15) is 4.79 Å². The minimum absolute atomic E-state index is 0.0103. The molecule has 0 aliphatic carbocycles. The van der Waals surface area contributed by atoms with Crippen molar-refractivity contribution >= 4 is 5.91 Å². The van der Waals surface area contributed by atoms with E-state index in [1.54, 1.807) is 0 Å². The molecular weight excluding hydrogens is 152 g/mol. The van der Waals surface area contributed by atoms with E-state index in [2.05, 4.69) is 18.2 Å². The van der Waals surface area contributed by atoms with E-state index in [-0.39, 0.29) is 5.91 Å². The average molecular weight is 168 g/mol. The molecule has 12 heavy (non-hydrogen) atoms. The van der Waals surface area contributed by atoms with Gasteiger partial charge in [-0.3, -0.25) is 9.69 Å². The van der Waals surface area contributed by atoms with Gasteiger partial charge >= 0.3 is 0 Å². The molecule has 0 heterocycles. The van der Waals surface area contributed by atoms with Crippen LogP contribution in [0.2, 0.25) is 0 Å². The first kappa shape index (κ1) is 11.0. The van der Waals surface area contributed by atoms with Gasteiger partial charge in [0, 0.05) is 0 Å². The molecule has 0 spiro atoms. The van der Waals surface area contributed by atoms with Crippen molar-refractivity contribution in [3.63, 3.8) is 0 Å². The van der Waals surface area contributed by atoms with Crippen LogP contribution in [-0.4, -0.2) is 37.5 Å². The van der Waals surface area contributed by atoms with E-state index in [0.29, 0.717) is 13.1 Å². The zero-order valence-corrected chi connectivity index (χ0v) is 7.76. The van der Waals surface area contributed by atoms with Crippen LogP contribution in [0, 0.1) is 12.3 Å². The summed E-state index contributed by atoms with van der Waals surface area (Å²) in [6.07, 6.45) is 6.04. The summed E-state index contributed by atoms with van der Waals surface area (Å²) in [6.45, 7) is 3.76. The highest BCUT2D eigenvalue weighted by atomic mass is 16.1. The Bertz CT molecular complexity index is 172. The smallest absolute Gasteiger partial charge is 0.234 e. The number of carbonyl (C=O) groups is 1. The van der Waals surface area contributed by atoms with E-state index >= 15 is 0 Å². The van der Waals surface area contributed by atoms with Crippen LogP contribution in [0.25, 0.3) is 0 Å². The first-order chi connectivity index (χ1) is 5.70. The second kappa shape index (κ2) is 6.68. The van der Waals surface area contributed by atoms with Gasteiger partial charge in [0.05, 0.1) is 13.1 Å². The molecule has 0 aromatic carbocycles. The lowest BCUT2D eigenvalue weighted by molar-refractivity contribution is -0.121. The Morgan fingerprint density at radius 3 is 2.83 bits per heavy atom. The van der Waals surface area contributed by atoms with Gasteiger partial charge in [0.25, 0.3) is 0 Å². The van der Waals surface area contributed by atoms with Gasteiger partial charge in [0.15, 0.2) is 0 Å². The highest BCUT2D eigenvalue weighted by molar-refractivity contribution is 5.78. The van der Waals surface area contributed by atoms with Gasteiger partial charge in [-0.25, -0.2) is 0 Å². The number of rotatable bonds is 5. The predicted octanol–water partition coefficient (Wildman–Crippen LogP) is 0.0776. The number of hydrogen-bond donors (Lipinski definition) is 1. The van der Waals surface area contributed by atoms with Crippen LogP contribution in [0.1, 0.15) is 13.3 Å². The lowest BCUT2D eigenvalue weighted by atomic mass is 10.4. The number of hydrogen-bond acceptors (Lipinski definition) is 2. The van der Waals surface area contributed by atoms with Gasteiger partial charge in [0.1, 0.15) is 0 Å². The van der Waals surface area contributed by atoms with Crippen LogP contribution in [0.15, 0.2) is 0 Å². The molecule has 68 valence electrons. The van der Waals surface area contributed by atoms with Crippen molar-refractivity contribution < 1.29 is 4.79 Å². The van der Waals surface area contributed by atoms with Crippen LogP contribution in [0.5, 0.6) is 0 Å². The molecule has 0 rings (SSSR count). The van der Waals surface area contributed by atoms with Crippen molar-refractivity contribution in [1.82, 2.24) is 10.2 Å². The molecule has 0 bridgehead atoms. The number of likely N-dealkylation sites (N-methyl/N-ethyl adjacent to an activating group) is 1. The Balaban J connectivity index is 3.48. The zero-order valence-electron chi connectivity index (χ0n) is 7.76. The SMILES string of the molecule is C#CCNC(=O)CN(C)CCC. The molecule has 1 amide bonds. The Morgan fingerprint density at radius 1 is 1.67 bits per heavy atom. The summed E-state index contributed by atoms with van der Waals surface area (Å²) in [7, 11) is 1.92. The molecule has 0 fully saturated rings. The Labute approximate surface area is 74.1 Å². The number of carbonyl (C=O) groups excluding carboxylic acids is 1. The number of nitrogens with one attached hydrogen (secondary N) is 1. The third-order valence-corrected chi connectivity index (χ3v) is 1.41. The van der Waals surface area contributed by atoms with Gasteiger partial charge in [-0.05, 0) is 20.0 Å². The minimum atomic E-state index is -0.0103. The van der Waals surface area contributed by atoms with Crippen molar-refractivity contribution in [1.29, 1.82) is 0 Å². The average Bonchev–Trinajstić information content (AvgIpc) is 2.01. The van der Waals surface area contributed by atoms with Crippen molar-refractivity contribution in [2.75, 3.05) is 26.7 Å². The predicted molar refractivity (Wildman–Crippen MR) is 49.6 cm³/mol. The van der Waals surface area contributed by atoms with Crippen molar-refractivity contribution in [3.8, 4) is 12.3 Å². The van der Waals surface area contributed by atoms with E-state index in [1.165, 1.54) is 0 Å². The van der Waals surface area contributed by atoms with Crippen molar-refractivity contribution in [2.45, 2.75) is 13.3 Å². The maximum absolute atomic E-state index is 11.0. The molecule has 1 N–H and O–H groups in total. The number of terminal acetylenes is 1. The molecule has 0 aliphatic heterocycles. The fourth-order valence-electron chi connectivity index (χ4n) is 0.911. The molecule has 0 radical (unpaired) electrons. The lowest BCUT2D eigenvalue weighted by Crippen LogP contribution is -2.35. The largest absolute Gasteiger partial charge is 0.344 e. The summed E-state index contributed by atoms with van der Waals surface area (Å²) >= 11 is 0. The molecular formula is C9H16N2O. The van der Waals surface area contributed by atoms with Crippen LogP contribution < -0.4 is 5.32 Å². The van der Waals surface area contributed by atoms with E-state index in [0.717, 1.165) is 13.0 Å².